The van der Waals surface area contributed by atoms with E-state index in [-0.39, 0.29) is 11.7 Å². The minimum absolute atomic E-state index is 0.229. The third-order valence-electron chi connectivity index (χ3n) is 3.29. The second-order valence-electron chi connectivity index (χ2n) is 4.78. The fraction of sp³-hybridized carbons (Fsp3) is 0.417. The van der Waals surface area contributed by atoms with Crippen molar-refractivity contribution in [3.05, 3.63) is 34.1 Å². The van der Waals surface area contributed by atoms with Crippen LogP contribution in [0.2, 0.25) is 0 Å². The average Bonchev–Trinajstić information content (AvgIpc) is 3.19. The summed E-state index contributed by atoms with van der Waals surface area (Å²) in [6, 6.07) is 2.73. The summed E-state index contributed by atoms with van der Waals surface area (Å²) in [6.07, 6.45) is 1.33. The number of carbonyl (C=O) groups is 1. The van der Waals surface area contributed by atoms with Gasteiger partial charge < -0.3 is 15.6 Å². The summed E-state index contributed by atoms with van der Waals surface area (Å²) in [6.45, 7) is -0.447. The zero-order chi connectivity index (χ0) is 14.9. The van der Waals surface area contributed by atoms with Crippen LogP contribution in [0.3, 0.4) is 0 Å². The molecule has 1 unspecified atom stereocenters. The molecule has 1 saturated carbocycles. The summed E-state index contributed by atoms with van der Waals surface area (Å²) >= 11 is 0. The molecule has 1 aromatic carbocycles. The SMILES string of the molecule is NC(COc1cc(F)ccc1[N+](=O)[O-])(C(=O)O)C1CC1. The Balaban J connectivity index is 2.19. The van der Waals surface area contributed by atoms with Gasteiger partial charge in [-0.25, -0.2) is 4.39 Å². The van der Waals surface area contributed by atoms with Gasteiger partial charge in [-0.2, -0.15) is 0 Å². The molecule has 0 radical (unpaired) electrons. The van der Waals surface area contributed by atoms with Crippen LogP contribution < -0.4 is 10.5 Å². The highest BCUT2D eigenvalue weighted by atomic mass is 19.1. The number of carboxylic acid groups (broad SMARTS) is 1. The molecular formula is C12H13FN2O5. The van der Waals surface area contributed by atoms with E-state index in [1.807, 2.05) is 0 Å². The maximum Gasteiger partial charge on any atom is 0.327 e. The Bertz CT molecular complexity index is 561. The largest absolute Gasteiger partial charge is 0.484 e. The Hall–Kier alpha value is -2.22. The third-order valence-corrected chi connectivity index (χ3v) is 3.29. The van der Waals surface area contributed by atoms with Gasteiger partial charge in [0.25, 0.3) is 0 Å². The van der Waals surface area contributed by atoms with Gasteiger partial charge in [-0.05, 0) is 24.8 Å². The van der Waals surface area contributed by atoms with Gasteiger partial charge >= 0.3 is 11.7 Å². The van der Waals surface area contributed by atoms with Gasteiger partial charge in [0.2, 0.25) is 0 Å². The quantitative estimate of drug-likeness (QED) is 0.601. The summed E-state index contributed by atoms with van der Waals surface area (Å²) in [4.78, 5) is 21.3. The van der Waals surface area contributed by atoms with Crippen LogP contribution in [0, 0.1) is 21.8 Å². The molecule has 1 aromatic rings. The minimum atomic E-state index is -1.61. The molecule has 7 nitrogen and oxygen atoms in total. The number of benzene rings is 1. The van der Waals surface area contributed by atoms with E-state index in [0.29, 0.717) is 12.8 Å². The lowest BCUT2D eigenvalue weighted by molar-refractivity contribution is -0.386. The maximum absolute atomic E-state index is 13.1. The van der Waals surface area contributed by atoms with Crippen molar-refractivity contribution in [1.82, 2.24) is 0 Å². The van der Waals surface area contributed by atoms with Crippen molar-refractivity contribution in [1.29, 1.82) is 0 Å². The Morgan fingerprint density at radius 1 is 1.60 bits per heavy atom. The van der Waals surface area contributed by atoms with Crippen LogP contribution >= 0.6 is 0 Å². The summed E-state index contributed by atoms with van der Waals surface area (Å²) < 4.78 is 18.2. The van der Waals surface area contributed by atoms with Gasteiger partial charge in [0.05, 0.1) is 4.92 Å². The summed E-state index contributed by atoms with van der Waals surface area (Å²) in [5, 5.41) is 19.9. The third kappa shape index (κ3) is 2.69. The lowest BCUT2D eigenvalue weighted by Crippen LogP contribution is -2.54. The van der Waals surface area contributed by atoms with Crippen LogP contribution in [0.1, 0.15) is 12.8 Å². The normalized spacial score (nSPS) is 17.3. The van der Waals surface area contributed by atoms with Gasteiger partial charge in [0.15, 0.2) is 11.3 Å². The smallest absolute Gasteiger partial charge is 0.327 e. The molecule has 1 atom stereocenters. The first-order valence-corrected chi connectivity index (χ1v) is 5.93. The topological polar surface area (TPSA) is 116 Å². The number of hydrogen-bond acceptors (Lipinski definition) is 5. The lowest BCUT2D eigenvalue weighted by atomic mass is 9.96. The first kappa shape index (κ1) is 14.2. The van der Waals surface area contributed by atoms with Crippen molar-refractivity contribution in [2.45, 2.75) is 18.4 Å². The molecule has 108 valence electrons. The van der Waals surface area contributed by atoms with Gasteiger partial charge in [0.1, 0.15) is 12.4 Å². The van der Waals surface area contributed by atoms with E-state index in [4.69, 9.17) is 15.6 Å². The zero-order valence-corrected chi connectivity index (χ0v) is 10.4. The van der Waals surface area contributed by atoms with Crippen molar-refractivity contribution in [3.8, 4) is 5.75 Å². The second kappa shape index (κ2) is 5.04. The first-order valence-electron chi connectivity index (χ1n) is 5.93. The molecule has 0 amide bonds. The summed E-state index contributed by atoms with van der Waals surface area (Å²) in [7, 11) is 0. The Morgan fingerprint density at radius 2 is 2.25 bits per heavy atom. The molecule has 3 N–H and O–H groups in total. The minimum Gasteiger partial charge on any atom is -0.484 e. The molecule has 8 heteroatoms. The van der Waals surface area contributed by atoms with E-state index in [0.717, 1.165) is 18.2 Å². The van der Waals surface area contributed by atoms with E-state index >= 15 is 0 Å². The lowest BCUT2D eigenvalue weighted by Gasteiger charge is -2.24. The molecule has 0 bridgehead atoms. The van der Waals surface area contributed by atoms with Crippen molar-refractivity contribution < 1.29 is 24.0 Å². The highest BCUT2D eigenvalue weighted by molar-refractivity contribution is 5.79. The van der Waals surface area contributed by atoms with E-state index in [1.165, 1.54) is 0 Å². The highest BCUT2D eigenvalue weighted by Gasteiger charge is 2.49. The van der Waals surface area contributed by atoms with Crippen LogP contribution in [0.15, 0.2) is 18.2 Å². The number of rotatable bonds is 6. The number of nitro groups is 1. The zero-order valence-electron chi connectivity index (χ0n) is 10.4. The number of hydrogen-bond donors (Lipinski definition) is 2. The molecule has 0 saturated heterocycles. The monoisotopic (exact) mass is 284 g/mol. The van der Waals surface area contributed by atoms with Crippen LogP contribution in [-0.4, -0.2) is 28.1 Å². The molecule has 20 heavy (non-hydrogen) atoms. The highest BCUT2D eigenvalue weighted by Crippen LogP contribution is 2.39. The van der Waals surface area contributed by atoms with Gasteiger partial charge in [-0.3, -0.25) is 14.9 Å². The van der Waals surface area contributed by atoms with Crippen molar-refractivity contribution in [3.63, 3.8) is 0 Å². The van der Waals surface area contributed by atoms with Crippen LogP contribution in [0.25, 0.3) is 0 Å². The number of nitrogens with zero attached hydrogens (tertiary/aromatic N) is 1. The van der Waals surface area contributed by atoms with Crippen molar-refractivity contribution >= 4 is 11.7 Å². The van der Waals surface area contributed by atoms with Gasteiger partial charge in [-0.1, -0.05) is 0 Å². The van der Waals surface area contributed by atoms with Gasteiger partial charge in [-0.15, -0.1) is 0 Å². The number of carboxylic acids is 1. The van der Waals surface area contributed by atoms with E-state index in [2.05, 4.69) is 0 Å². The number of nitro benzene ring substituents is 1. The molecule has 0 spiro atoms. The fourth-order valence-electron chi connectivity index (χ4n) is 1.90. The summed E-state index contributed by atoms with van der Waals surface area (Å²) in [5.74, 6) is -2.51. The standard InChI is InChI=1S/C12H13FN2O5/c13-8-3-4-9(15(18)19)10(5-8)20-6-12(14,11(16)17)7-1-2-7/h3-5,7H,1-2,6,14H2,(H,16,17). The van der Waals surface area contributed by atoms with Crippen molar-refractivity contribution in [2.24, 2.45) is 11.7 Å². The second-order valence-corrected chi connectivity index (χ2v) is 4.78. The predicted octanol–water partition coefficient (Wildman–Crippen LogP) is 1.30. The number of ether oxygens (including phenoxy) is 1. The molecule has 0 aliphatic heterocycles. The van der Waals surface area contributed by atoms with E-state index in [1.54, 1.807) is 0 Å². The maximum atomic E-state index is 13.1. The van der Waals surface area contributed by atoms with Crippen LogP contribution in [-0.2, 0) is 4.79 Å². The number of halogens is 1. The van der Waals surface area contributed by atoms with Gasteiger partial charge in [0, 0.05) is 12.1 Å². The fourth-order valence-corrected chi connectivity index (χ4v) is 1.90. The summed E-state index contributed by atoms with van der Waals surface area (Å²) in [5.41, 5.74) is 3.72. The predicted molar refractivity (Wildman–Crippen MR) is 65.8 cm³/mol. The molecule has 1 aliphatic carbocycles. The number of nitrogens with two attached hydrogens (primary N) is 1. The molecular weight excluding hydrogens is 271 g/mol. The molecule has 1 fully saturated rings. The molecule has 0 aromatic heterocycles. The van der Waals surface area contributed by atoms with Crippen molar-refractivity contribution in [2.75, 3.05) is 6.61 Å². The Kier molecular flexibility index (Phi) is 3.58. The Labute approximate surface area is 113 Å². The van der Waals surface area contributed by atoms with Crippen LogP contribution in [0.5, 0.6) is 5.75 Å². The first-order chi connectivity index (χ1) is 9.34. The average molecular weight is 284 g/mol. The molecule has 2 rings (SSSR count). The Morgan fingerprint density at radius 3 is 2.75 bits per heavy atom. The van der Waals surface area contributed by atoms with E-state index < -0.39 is 34.5 Å². The van der Waals surface area contributed by atoms with Crippen LogP contribution in [0.4, 0.5) is 10.1 Å². The van der Waals surface area contributed by atoms with E-state index in [9.17, 15) is 19.3 Å². The molecule has 0 heterocycles. The molecule has 1 aliphatic rings. The number of aliphatic carboxylic acids is 1.